The van der Waals surface area contributed by atoms with Crippen LogP contribution in [0.4, 0.5) is 4.79 Å². The van der Waals surface area contributed by atoms with Gasteiger partial charge in [0, 0.05) is 12.7 Å². The molecule has 2 amide bonds. The quantitative estimate of drug-likeness (QED) is 0.432. The molecule has 1 aliphatic heterocycles. The summed E-state index contributed by atoms with van der Waals surface area (Å²) in [7, 11) is 1.52. The van der Waals surface area contributed by atoms with Crippen LogP contribution in [0.1, 0.15) is 16.7 Å². The minimum absolute atomic E-state index is 0.225. The lowest BCUT2D eigenvalue weighted by atomic mass is 10.1. The van der Waals surface area contributed by atoms with Gasteiger partial charge in [-0.25, -0.2) is 0 Å². The standard InChI is InChI=1S/C21H16Br2N2O4S/c1-28-7-6-25-20(26)18(30-21(25)27)10-13-8-16(22)19(17(23)9-13)29-12-15-5-3-2-4-14(15)11-24/h2-5,8-10H,6-7,12H2,1H3/b18-10+. The summed E-state index contributed by atoms with van der Waals surface area (Å²) >= 11 is 7.89. The van der Waals surface area contributed by atoms with Crippen molar-refractivity contribution in [1.29, 1.82) is 5.26 Å². The molecular weight excluding hydrogens is 536 g/mol. The van der Waals surface area contributed by atoms with Crippen LogP contribution in [0.5, 0.6) is 5.75 Å². The summed E-state index contributed by atoms with van der Waals surface area (Å²) in [5.41, 5.74) is 2.08. The Balaban J connectivity index is 1.78. The van der Waals surface area contributed by atoms with Gasteiger partial charge in [0.25, 0.3) is 11.1 Å². The molecule has 30 heavy (non-hydrogen) atoms. The van der Waals surface area contributed by atoms with Gasteiger partial charge >= 0.3 is 0 Å². The molecule has 0 bridgehead atoms. The predicted octanol–water partition coefficient (Wildman–Crippen LogP) is 5.34. The van der Waals surface area contributed by atoms with Crippen molar-refractivity contribution in [1.82, 2.24) is 4.90 Å². The molecule has 9 heteroatoms. The summed E-state index contributed by atoms with van der Waals surface area (Å²) in [4.78, 5) is 26.1. The third-order valence-electron chi connectivity index (χ3n) is 4.22. The molecule has 3 rings (SSSR count). The summed E-state index contributed by atoms with van der Waals surface area (Å²) in [5.74, 6) is 0.246. The lowest BCUT2D eigenvalue weighted by Gasteiger charge is -2.12. The van der Waals surface area contributed by atoms with Crippen molar-refractivity contribution in [3.63, 3.8) is 0 Å². The number of benzene rings is 2. The molecule has 0 radical (unpaired) electrons. The SMILES string of the molecule is COCCN1C(=O)S/C(=C/c2cc(Br)c(OCc3ccccc3C#N)c(Br)c2)C1=O. The van der Waals surface area contributed by atoms with Crippen LogP contribution in [0.25, 0.3) is 6.08 Å². The van der Waals surface area contributed by atoms with Crippen molar-refractivity contribution in [2.45, 2.75) is 6.61 Å². The van der Waals surface area contributed by atoms with Crippen molar-refractivity contribution >= 4 is 60.8 Å². The first-order chi connectivity index (χ1) is 14.4. The van der Waals surface area contributed by atoms with Gasteiger partial charge in [-0.15, -0.1) is 0 Å². The largest absolute Gasteiger partial charge is 0.486 e. The first-order valence-electron chi connectivity index (χ1n) is 8.78. The second kappa shape index (κ2) is 10.3. The van der Waals surface area contributed by atoms with Gasteiger partial charge in [-0.3, -0.25) is 14.5 Å². The van der Waals surface area contributed by atoms with Crippen molar-refractivity contribution in [2.75, 3.05) is 20.3 Å². The van der Waals surface area contributed by atoms with E-state index in [1.54, 1.807) is 30.3 Å². The van der Waals surface area contributed by atoms with E-state index < -0.39 is 0 Å². The van der Waals surface area contributed by atoms with Crippen LogP contribution in [0.3, 0.4) is 0 Å². The Kier molecular flexibility index (Phi) is 7.72. The molecule has 0 aromatic heterocycles. The number of ether oxygens (including phenoxy) is 2. The molecule has 0 aliphatic carbocycles. The summed E-state index contributed by atoms with van der Waals surface area (Å²) in [6.07, 6.45) is 1.67. The summed E-state index contributed by atoms with van der Waals surface area (Å²) < 4.78 is 12.2. The Labute approximate surface area is 195 Å². The van der Waals surface area contributed by atoms with E-state index in [2.05, 4.69) is 37.9 Å². The van der Waals surface area contributed by atoms with E-state index in [0.717, 1.165) is 22.9 Å². The molecule has 1 fully saturated rings. The normalized spacial score (nSPS) is 15.0. The first kappa shape index (κ1) is 22.6. The number of nitriles is 1. The maximum atomic E-state index is 12.5. The Bertz CT molecular complexity index is 1040. The third kappa shape index (κ3) is 5.13. The Morgan fingerprint density at radius 3 is 2.57 bits per heavy atom. The van der Waals surface area contributed by atoms with Gasteiger partial charge in [-0.2, -0.15) is 5.26 Å². The topological polar surface area (TPSA) is 79.6 Å². The molecule has 1 saturated heterocycles. The Hall–Kier alpha value is -2.12. The van der Waals surface area contributed by atoms with Crippen LogP contribution in [-0.2, 0) is 16.1 Å². The minimum Gasteiger partial charge on any atom is -0.486 e. The van der Waals surface area contributed by atoms with E-state index in [1.807, 2.05) is 12.1 Å². The number of nitrogens with zero attached hydrogens (tertiary/aromatic N) is 2. The second-order valence-corrected chi connectivity index (χ2v) is 8.90. The van der Waals surface area contributed by atoms with Crippen molar-refractivity contribution in [3.8, 4) is 11.8 Å². The van der Waals surface area contributed by atoms with Crippen molar-refractivity contribution < 1.29 is 19.1 Å². The third-order valence-corrected chi connectivity index (χ3v) is 6.31. The Morgan fingerprint density at radius 1 is 1.20 bits per heavy atom. The predicted molar refractivity (Wildman–Crippen MR) is 122 cm³/mol. The maximum absolute atomic E-state index is 12.5. The maximum Gasteiger partial charge on any atom is 0.293 e. The zero-order valence-corrected chi connectivity index (χ0v) is 19.8. The van der Waals surface area contributed by atoms with Crippen LogP contribution >= 0.6 is 43.6 Å². The van der Waals surface area contributed by atoms with Gasteiger partial charge in [0.05, 0.1) is 38.6 Å². The van der Waals surface area contributed by atoms with Gasteiger partial charge in [-0.05, 0) is 73.5 Å². The number of thioether (sulfide) groups is 1. The van der Waals surface area contributed by atoms with Crippen molar-refractivity contribution in [3.05, 3.63) is 66.9 Å². The van der Waals surface area contributed by atoms with Crippen LogP contribution in [0.2, 0.25) is 0 Å². The van der Waals surface area contributed by atoms with Gasteiger partial charge in [-0.1, -0.05) is 18.2 Å². The number of rotatable bonds is 7. The summed E-state index contributed by atoms with van der Waals surface area (Å²) in [5, 5.41) is 8.90. The van der Waals surface area contributed by atoms with E-state index in [1.165, 1.54) is 12.0 Å². The zero-order chi connectivity index (χ0) is 21.7. The number of carbonyl (C=O) groups excluding carboxylic acids is 2. The molecular formula is C21H16Br2N2O4S. The molecule has 0 saturated carbocycles. The Morgan fingerprint density at radius 2 is 1.90 bits per heavy atom. The fourth-order valence-electron chi connectivity index (χ4n) is 2.73. The molecule has 1 aliphatic rings. The molecule has 0 N–H and O–H groups in total. The number of amides is 2. The minimum atomic E-state index is -0.331. The number of methoxy groups -OCH3 is 1. The highest BCUT2D eigenvalue weighted by Gasteiger charge is 2.34. The molecule has 6 nitrogen and oxygen atoms in total. The summed E-state index contributed by atoms with van der Waals surface area (Å²) in [6, 6.07) is 13.0. The average Bonchev–Trinajstić information content (AvgIpc) is 2.98. The van der Waals surface area contributed by atoms with E-state index in [4.69, 9.17) is 9.47 Å². The van der Waals surface area contributed by atoms with Gasteiger partial charge in [0.15, 0.2) is 0 Å². The highest BCUT2D eigenvalue weighted by Crippen LogP contribution is 2.38. The smallest absolute Gasteiger partial charge is 0.293 e. The molecule has 2 aromatic rings. The molecule has 2 aromatic carbocycles. The lowest BCUT2D eigenvalue weighted by Crippen LogP contribution is -2.31. The number of imide groups is 1. The van der Waals surface area contributed by atoms with E-state index in [0.29, 0.717) is 31.8 Å². The van der Waals surface area contributed by atoms with Gasteiger partial charge in [0.1, 0.15) is 12.4 Å². The average molecular weight is 552 g/mol. The summed E-state index contributed by atoms with van der Waals surface area (Å²) in [6.45, 7) is 0.755. The molecule has 0 spiro atoms. The fraction of sp³-hybridized carbons (Fsp3) is 0.190. The van der Waals surface area contributed by atoms with Crippen LogP contribution in [-0.4, -0.2) is 36.3 Å². The van der Waals surface area contributed by atoms with Gasteiger partial charge in [0.2, 0.25) is 0 Å². The van der Waals surface area contributed by atoms with Crippen molar-refractivity contribution in [2.24, 2.45) is 0 Å². The first-order valence-corrected chi connectivity index (χ1v) is 11.2. The molecule has 0 unspecified atom stereocenters. The van der Waals surface area contributed by atoms with Gasteiger partial charge < -0.3 is 9.47 Å². The number of halogens is 2. The number of carbonyl (C=O) groups is 2. The van der Waals surface area contributed by atoms with Crippen LogP contribution in [0.15, 0.2) is 50.2 Å². The van der Waals surface area contributed by atoms with E-state index in [-0.39, 0.29) is 24.3 Å². The van der Waals surface area contributed by atoms with Crippen LogP contribution in [0, 0.1) is 11.3 Å². The molecule has 154 valence electrons. The number of hydrogen-bond donors (Lipinski definition) is 0. The zero-order valence-electron chi connectivity index (χ0n) is 15.9. The monoisotopic (exact) mass is 550 g/mol. The van der Waals surface area contributed by atoms with Crippen LogP contribution < -0.4 is 4.74 Å². The lowest BCUT2D eigenvalue weighted by molar-refractivity contribution is -0.123. The molecule has 0 atom stereocenters. The number of hydrogen-bond acceptors (Lipinski definition) is 6. The fourth-order valence-corrected chi connectivity index (χ4v) is 5.05. The highest BCUT2D eigenvalue weighted by molar-refractivity contribution is 9.11. The highest BCUT2D eigenvalue weighted by atomic mass is 79.9. The second-order valence-electron chi connectivity index (χ2n) is 6.20. The van der Waals surface area contributed by atoms with E-state index >= 15 is 0 Å². The molecule has 1 heterocycles. The van der Waals surface area contributed by atoms with E-state index in [9.17, 15) is 14.9 Å².